The number of hydrogen-bond donors (Lipinski definition) is 0. The van der Waals surface area contributed by atoms with Crippen LogP contribution in [0.15, 0.2) is 54.6 Å². The van der Waals surface area contributed by atoms with Crippen LogP contribution in [0.4, 0.5) is 13.2 Å². The molecule has 0 spiro atoms. The van der Waals surface area contributed by atoms with Crippen molar-refractivity contribution in [2.24, 2.45) is 0 Å². The van der Waals surface area contributed by atoms with E-state index in [0.29, 0.717) is 0 Å². The lowest BCUT2D eigenvalue weighted by Gasteiger charge is -2.21. The van der Waals surface area contributed by atoms with Gasteiger partial charge in [0.25, 0.3) is 0 Å². The lowest BCUT2D eigenvalue weighted by molar-refractivity contribution is -0.227. The molecule has 0 N–H and O–H groups in total. The number of benzene rings is 2. The Morgan fingerprint density at radius 1 is 1.00 bits per heavy atom. The van der Waals surface area contributed by atoms with Gasteiger partial charge in [-0.2, -0.15) is 13.2 Å². The van der Waals surface area contributed by atoms with Crippen LogP contribution in [0, 0.1) is 6.92 Å². The first kappa shape index (κ1) is 14.6. The third-order valence-electron chi connectivity index (χ3n) is 2.90. The molecule has 0 amide bonds. The van der Waals surface area contributed by atoms with E-state index in [1.54, 1.807) is 43.3 Å². The van der Waals surface area contributed by atoms with Crippen LogP contribution in [0.25, 0.3) is 0 Å². The average Bonchev–Trinajstić information content (AvgIpc) is 2.39. The average molecular weight is 280 g/mol. The fraction of sp³-hybridized carbons (Fsp3) is 0.250. The van der Waals surface area contributed by atoms with Gasteiger partial charge in [-0.25, -0.2) is 0 Å². The van der Waals surface area contributed by atoms with Gasteiger partial charge in [0, 0.05) is 0 Å². The van der Waals surface area contributed by atoms with E-state index in [0.717, 1.165) is 11.1 Å². The highest BCUT2D eigenvalue weighted by atomic mass is 19.4. The number of hydrogen-bond acceptors (Lipinski definition) is 1. The largest absolute Gasteiger partial charge is 0.418 e. The van der Waals surface area contributed by atoms with E-state index >= 15 is 0 Å². The van der Waals surface area contributed by atoms with Gasteiger partial charge in [-0.05, 0) is 18.1 Å². The summed E-state index contributed by atoms with van der Waals surface area (Å²) in [6.07, 6.45) is -6.33. The van der Waals surface area contributed by atoms with Crippen molar-refractivity contribution in [3.63, 3.8) is 0 Å². The Hall–Kier alpha value is -1.81. The van der Waals surface area contributed by atoms with E-state index in [2.05, 4.69) is 0 Å². The number of aryl methyl sites for hydroxylation is 1. The summed E-state index contributed by atoms with van der Waals surface area (Å²) < 4.78 is 44.5. The van der Waals surface area contributed by atoms with E-state index in [1.165, 1.54) is 12.1 Å². The molecule has 0 saturated heterocycles. The van der Waals surface area contributed by atoms with E-state index in [9.17, 15) is 13.2 Å². The van der Waals surface area contributed by atoms with Crippen LogP contribution in [-0.2, 0) is 11.3 Å². The molecule has 0 bridgehead atoms. The first-order chi connectivity index (χ1) is 9.47. The van der Waals surface area contributed by atoms with Crippen molar-refractivity contribution in [2.45, 2.75) is 25.8 Å². The van der Waals surface area contributed by atoms with Gasteiger partial charge in [0.1, 0.15) is 0 Å². The van der Waals surface area contributed by atoms with Gasteiger partial charge in [-0.3, -0.25) is 0 Å². The maximum Gasteiger partial charge on any atom is 0.418 e. The predicted octanol–water partition coefficient (Wildman–Crippen LogP) is 4.82. The summed E-state index contributed by atoms with van der Waals surface area (Å²) >= 11 is 0. The van der Waals surface area contributed by atoms with Crippen molar-refractivity contribution in [3.8, 4) is 0 Å². The normalized spacial score (nSPS) is 13.2. The van der Waals surface area contributed by atoms with Crippen molar-refractivity contribution < 1.29 is 17.9 Å². The van der Waals surface area contributed by atoms with Gasteiger partial charge < -0.3 is 4.74 Å². The molecule has 2 aromatic carbocycles. The van der Waals surface area contributed by atoms with Gasteiger partial charge in [-0.15, -0.1) is 0 Å². The highest BCUT2D eigenvalue weighted by Gasteiger charge is 2.41. The zero-order valence-electron chi connectivity index (χ0n) is 11.0. The number of rotatable bonds is 4. The van der Waals surface area contributed by atoms with Crippen molar-refractivity contribution >= 4 is 0 Å². The molecule has 0 heterocycles. The van der Waals surface area contributed by atoms with Crippen molar-refractivity contribution in [3.05, 3.63) is 71.3 Å². The Bertz CT molecular complexity index is 549. The molecule has 1 unspecified atom stereocenters. The van der Waals surface area contributed by atoms with E-state index in [1.807, 2.05) is 6.07 Å². The van der Waals surface area contributed by atoms with Crippen molar-refractivity contribution in [1.82, 2.24) is 0 Å². The molecule has 20 heavy (non-hydrogen) atoms. The third-order valence-corrected chi connectivity index (χ3v) is 2.90. The van der Waals surface area contributed by atoms with Gasteiger partial charge in [0.05, 0.1) is 6.61 Å². The highest BCUT2D eigenvalue weighted by Crippen LogP contribution is 2.36. The maximum atomic E-state index is 13.1. The van der Waals surface area contributed by atoms with Crippen LogP contribution >= 0.6 is 0 Å². The fourth-order valence-corrected chi connectivity index (χ4v) is 1.97. The van der Waals surface area contributed by atoms with Gasteiger partial charge >= 0.3 is 6.18 Å². The van der Waals surface area contributed by atoms with Gasteiger partial charge in [0.2, 0.25) is 0 Å². The lowest BCUT2D eigenvalue weighted by atomic mass is 10.1. The van der Waals surface area contributed by atoms with E-state index < -0.39 is 12.3 Å². The summed E-state index contributed by atoms with van der Waals surface area (Å²) in [6, 6.07) is 15.1. The molecule has 0 aliphatic rings. The molecule has 2 aromatic rings. The number of ether oxygens (including phenoxy) is 1. The third kappa shape index (κ3) is 3.84. The minimum Gasteiger partial charge on any atom is -0.359 e. The van der Waals surface area contributed by atoms with Crippen LogP contribution in [0.1, 0.15) is 22.8 Å². The summed E-state index contributed by atoms with van der Waals surface area (Å²) in [7, 11) is 0. The quantitative estimate of drug-likeness (QED) is 0.780. The summed E-state index contributed by atoms with van der Waals surface area (Å²) in [5, 5.41) is 0. The van der Waals surface area contributed by atoms with E-state index in [4.69, 9.17) is 4.74 Å². The molecule has 0 saturated carbocycles. The molecule has 106 valence electrons. The molecule has 0 radical (unpaired) electrons. The zero-order valence-corrected chi connectivity index (χ0v) is 11.0. The SMILES string of the molecule is Cc1cccc(C(OCc2ccccc2)C(F)(F)F)c1. The van der Waals surface area contributed by atoms with Crippen molar-refractivity contribution in [2.75, 3.05) is 0 Å². The second-order valence-corrected chi connectivity index (χ2v) is 4.63. The standard InChI is InChI=1S/C16H15F3O/c1-12-6-5-9-14(10-12)15(16(17,18)19)20-11-13-7-3-2-4-8-13/h2-10,15H,11H2,1H3. The van der Waals surface area contributed by atoms with E-state index in [-0.39, 0.29) is 12.2 Å². The van der Waals surface area contributed by atoms with Gasteiger partial charge in [0.15, 0.2) is 6.10 Å². The summed E-state index contributed by atoms with van der Waals surface area (Å²) in [5.74, 6) is 0. The first-order valence-electron chi connectivity index (χ1n) is 6.25. The van der Waals surface area contributed by atoms with Crippen LogP contribution in [0.3, 0.4) is 0 Å². The second-order valence-electron chi connectivity index (χ2n) is 4.63. The van der Waals surface area contributed by atoms with Crippen LogP contribution in [0.5, 0.6) is 0 Å². The predicted molar refractivity (Wildman–Crippen MR) is 71.2 cm³/mol. The van der Waals surface area contributed by atoms with Crippen LogP contribution in [-0.4, -0.2) is 6.18 Å². The summed E-state index contributed by atoms with van der Waals surface area (Å²) in [6.45, 7) is 1.69. The van der Waals surface area contributed by atoms with Gasteiger partial charge in [-0.1, -0.05) is 60.2 Å². The van der Waals surface area contributed by atoms with Crippen LogP contribution in [0.2, 0.25) is 0 Å². The lowest BCUT2D eigenvalue weighted by Crippen LogP contribution is -2.23. The van der Waals surface area contributed by atoms with Crippen molar-refractivity contribution in [1.29, 1.82) is 0 Å². The number of halogens is 3. The summed E-state index contributed by atoms with van der Waals surface area (Å²) in [4.78, 5) is 0. The monoisotopic (exact) mass is 280 g/mol. The molecule has 4 heteroatoms. The Kier molecular flexibility index (Phi) is 4.45. The minimum absolute atomic E-state index is 0.0705. The highest BCUT2D eigenvalue weighted by molar-refractivity contribution is 5.25. The fourth-order valence-electron chi connectivity index (χ4n) is 1.97. The maximum absolute atomic E-state index is 13.1. The molecule has 1 atom stereocenters. The molecule has 0 aliphatic carbocycles. The molecular weight excluding hydrogens is 265 g/mol. The molecule has 0 aliphatic heterocycles. The van der Waals surface area contributed by atoms with Crippen LogP contribution < -0.4 is 0 Å². The molecule has 0 fully saturated rings. The minimum atomic E-state index is -4.43. The Labute approximate surface area is 116 Å². The Morgan fingerprint density at radius 2 is 1.70 bits per heavy atom. The first-order valence-corrected chi connectivity index (χ1v) is 6.25. The molecular formula is C16H15F3O. The topological polar surface area (TPSA) is 9.23 Å². The Morgan fingerprint density at radius 3 is 2.30 bits per heavy atom. The number of alkyl halides is 3. The Balaban J connectivity index is 2.17. The smallest absolute Gasteiger partial charge is 0.359 e. The molecule has 1 nitrogen and oxygen atoms in total. The second kappa shape index (κ2) is 6.09. The zero-order chi connectivity index (χ0) is 14.6. The molecule has 0 aromatic heterocycles. The summed E-state index contributed by atoms with van der Waals surface area (Å²) in [5.41, 5.74) is 1.63. The molecule has 2 rings (SSSR count).